The Labute approximate surface area is 72.6 Å². The van der Waals surface area contributed by atoms with Crippen molar-refractivity contribution in [2.45, 2.75) is 0 Å². The molecule has 1 aromatic heterocycles. The van der Waals surface area contributed by atoms with Gasteiger partial charge in [0.1, 0.15) is 5.15 Å². The zero-order chi connectivity index (χ0) is 6.85. The summed E-state index contributed by atoms with van der Waals surface area (Å²) in [6, 6.07) is 1.87. The molecule has 0 aliphatic carbocycles. The zero-order valence-electron chi connectivity index (χ0n) is 4.56. The first-order valence-corrected chi connectivity index (χ1v) is 3.79. The topological polar surface area (TPSA) is 12.9 Å². The minimum absolute atomic E-state index is 0.488. The van der Waals surface area contributed by atoms with E-state index < -0.39 is 0 Å². The summed E-state index contributed by atoms with van der Waals surface area (Å²) in [5.41, 5.74) is 0.805. The van der Waals surface area contributed by atoms with E-state index in [-0.39, 0.29) is 0 Å². The maximum atomic E-state index is 5.64. The Hall–Kier alpha value is 0.170. The molecule has 3 heteroatoms. The van der Waals surface area contributed by atoms with Gasteiger partial charge in [0, 0.05) is 15.3 Å². The Morgan fingerprint density at radius 3 is 2.78 bits per heavy atom. The lowest BCUT2D eigenvalue weighted by Crippen LogP contribution is -1.83. The van der Waals surface area contributed by atoms with Gasteiger partial charge in [0.15, 0.2) is 0 Å². The Balaban J connectivity index is 3.25. The SMILES string of the molecule is [CH2]c1c(I)ccnc1Cl. The van der Waals surface area contributed by atoms with Gasteiger partial charge in [-0.25, -0.2) is 4.98 Å². The van der Waals surface area contributed by atoms with E-state index in [9.17, 15) is 0 Å². The maximum absolute atomic E-state index is 5.64. The number of rotatable bonds is 0. The fraction of sp³-hybridized carbons (Fsp3) is 0. The molecule has 0 fully saturated rings. The standard InChI is InChI=1S/C6H4ClIN/c1-4-5(8)2-3-9-6(4)7/h2-3H,1H2. The highest BCUT2D eigenvalue weighted by molar-refractivity contribution is 14.1. The average Bonchev–Trinajstić information content (AvgIpc) is 1.83. The van der Waals surface area contributed by atoms with Gasteiger partial charge in [-0.05, 0) is 35.6 Å². The highest BCUT2D eigenvalue weighted by Gasteiger charge is 1.97. The highest BCUT2D eigenvalue weighted by atomic mass is 127. The molecule has 0 unspecified atom stereocenters. The molecule has 1 heterocycles. The van der Waals surface area contributed by atoms with Crippen LogP contribution in [0.15, 0.2) is 12.3 Å². The Morgan fingerprint density at radius 1 is 1.67 bits per heavy atom. The van der Waals surface area contributed by atoms with Gasteiger partial charge in [-0.2, -0.15) is 0 Å². The van der Waals surface area contributed by atoms with Crippen LogP contribution in [0, 0.1) is 10.5 Å². The van der Waals surface area contributed by atoms with Gasteiger partial charge in [-0.3, -0.25) is 0 Å². The van der Waals surface area contributed by atoms with Crippen LogP contribution in [-0.4, -0.2) is 4.98 Å². The molecule has 0 aliphatic heterocycles. The van der Waals surface area contributed by atoms with Gasteiger partial charge < -0.3 is 0 Å². The molecule has 0 amide bonds. The van der Waals surface area contributed by atoms with Crippen molar-refractivity contribution in [2.24, 2.45) is 0 Å². The van der Waals surface area contributed by atoms with Crippen molar-refractivity contribution in [2.75, 3.05) is 0 Å². The molecule has 47 valence electrons. The number of halogens is 2. The molecule has 0 aromatic carbocycles. The molecule has 0 saturated heterocycles. The minimum Gasteiger partial charge on any atom is -0.244 e. The number of hydrogen-bond donors (Lipinski definition) is 0. The second kappa shape index (κ2) is 2.84. The van der Waals surface area contributed by atoms with E-state index in [1.807, 2.05) is 6.07 Å². The van der Waals surface area contributed by atoms with Crippen molar-refractivity contribution >= 4 is 34.2 Å². The van der Waals surface area contributed by atoms with E-state index in [0.717, 1.165) is 9.13 Å². The number of pyridine rings is 1. The first-order chi connectivity index (χ1) is 4.22. The normalized spacial score (nSPS) is 9.67. The molecule has 0 spiro atoms. The molecule has 1 rings (SSSR count). The summed E-state index contributed by atoms with van der Waals surface area (Å²) in [5, 5.41) is 0.488. The van der Waals surface area contributed by atoms with E-state index in [4.69, 9.17) is 11.6 Å². The molecule has 1 aromatic rings. The number of aromatic nitrogens is 1. The van der Waals surface area contributed by atoms with Crippen LogP contribution < -0.4 is 0 Å². The largest absolute Gasteiger partial charge is 0.244 e. The molecule has 1 radical (unpaired) electrons. The summed E-state index contributed by atoms with van der Waals surface area (Å²) in [6.07, 6.45) is 1.67. The molecular formula is C6H4ClIN. The van der Waals surface area contributed by atoms with Gasteiger partial charge in [-0.15, -0.1) is 0 Å². The van der Waals surface area contributed by atoms with Gasteiger partial charge in [0.25, 0.3) is 0 Å². The maximum Gasteiger partial charge on any atom is 0.133 e. The van der Waals surface area contributed by atoms with Crippen LogP contribution in [0.1, 0.15) is 5.56 Å². The zero-order valence-corrected chi connectivity index (χ0v) is 7.48. The van der Waals surface area contributed by atoms with E-state index in [0.29, 0.717) is 5.15 Å². The van der Waals surface area contributed by atoms with Crippen LogP contribution in [0.25, 0.3) is 0 Å². The Bertz CT molecular complexity index is 204. The molecule has 0 saturated carbocycles. The lowest BCUT2D eigenvalue weighted by molar-refractivity contribution is 1.29. The predicted molar refractivity (Wildman–Crippen MR) is 46.4 cm³/mol. The molecule has 9 heavy (non-hydrogen) atoms. The predicted octanol–water partition coefficient (Wildman–Crippen LogP) is 2.52. The van der Waals surface area contributed by atoms with Crippen molar-refractivity contribution in [1.82, 2.24) is 4.98 Å². The van der Waals surface area contributed by atoms with Crippen molar-refractivity contribution in [3.8, 4) is 0 Å². The number of hydrogen-bond acceptors (Lipinski definition) is 1. The Morgan fingerprint density at radius 2 is 2.33 bits per heavy atom. The lowest BCUT2D eigenvalue weighted by Gasteiger charge is -1.96. The molecule has 1 nitrogen and oxygen atoms in total. The molecule has 0 N–H and O–H groups in total. The Kier molecular flexibility index (Phi) is 2.29. The van der Waals surface area contributed by atoms with Gasteiger partial charge >= 0.3 is 0 Å². The monoisotopic (exact) mass is 252 g/mol. The third-order valence-corrected chi connectivity index (χ3v) is 2.28. The quantitative estimate of drug-likeness (QED) is 0.511. The summed E-state index contributed by atoms with van der Waals surface area (Å²) in [5.74, 6) is 0. The first-order valence-electron chi connectivity index (χ1n) is 2.34. The van der Waals surface area contributed by atoms with Crippen molar-refractivity contribution in [3.05, 3.63) is 33.5 Å². The van der Waals surface area contributed by atoms with E-state index >= 15 is 0 Å². The van der Waals surface area contributed by atoms with Crippen molar-refractivity contribution in [1.29, 1.82) is 0 Å². The molecular weight excluding hydrogens is 248 g/mol. The van der Waals surface area contributed by atoms with Gasteiger partial charge in [0.05, 0.1) is 0 Å². The van der Waals surface area contributed by atoms with Crippen LogP contribution in [0.3, 0.4) is 0 Å². The third-order valence-electron chi connectivity index (χ3n) is 0.946. The third kappa shape index (κ3) is 1.55. The fourth-order valence-corrected chi connectivity index (χ4v) is 1.18. The summed E-state index contributed by atoms with van der Waals surface area (Å²) in [6.45, 7) is 3.72. The second-order valence-corrected chi connectivity index (χ2v) is 3.08. The molecule has 0 atom stereocenters. The number of nitrogens with zero attached hydrogens (tertiary/aromatic N) is 1. The smallest absolute Gasteiger partial charge is 0.133 e. The van der Waals surface area contributed by atoms with Crippen LogP contribution >= 0.6 is 34.2 Å². The van der Waals surface area contributed by atoms with Crippen molar-refractivity contribution < 1.29 is 0 Å². The van der Waals surface area contributed by atoms with E-state index in [2.05, 4.69) is 34.5 Å². The van der Waals surface area contributed by atoms with Crippen LogP contribution in [-0.2, 0) is 0 Å². The summed E-state index contributed by atoms with van der Waals surface area (Å²) in [4.78, 5) is 3.84. The van der Waals surface area contributed by atoms with E-state index in [1.54, 1.807) is 6.20 Å². The van der Waals surface area contributed by atoms with E-state index in [1.165, 1.54) is 0 Å². The lowest BCUT2D eigenvalue weighted by atomic mass is 10.3. The highest BCUT2D eigenvalue weighted by Crippen LogP contribution is 2.16. The van der Waals surface area contributed by atoms with Gasteiger partial charge in [0.2, 0.25) is 0 Å². The summed E-state index contributed by atoms with van der Waals surface area (Å²) < 4.78 is 1.05. The fourth-order valence-electron chi connectivity index (χ4n) is 0.445. The average molecular weight is 252 g/mol. The summed E-state index contributed by atoms with van der Waals surface area (Å²) >= 11 is 7.80. The summed E-state index contributed by atoms with van der Waals surface area (Å²) in [7, 11) is 0. The van der Waals surface area contributed by atoms with Crippen molar-refractivity contribution in [3.63, 3.8) is 0 Å². The first kappa shape index (κ1) is 7.28. The minimum atomic E-state index is 0.488. The van der Waals surface area contributed by atoms with Crippen LogP contribution in [0.2, 0.25) is 5.15 Å². The second-order valence-electron chi connectivity index (χ2n) is 1.56. The van der Waals surface area contributed by atoms with Gasteiger partial charge in [-0.1, -0.05) is 11.6 Å². The molecule has 0 aliphatic rings. The van der Waals surface area contributed by atoms with Crippen LogP contribution in [0.5, 0.6) is 0 Å². The van der Waals surface area contributed by atoms with Crippen LogP contribution in [0.4, 0.5) is 0 Å². The molecule has 0 bridgehead atoms.